The molecule has 0 fully saturated rings. The second-order valence-electron chi connectivity index (χ2n) is 4.05. The zero-order valence-corrected chi connectivity index (χ0v) is 12.5. The minimum absolute atomic E-state index is 0.205. The number of aliphatic carboxylic acids is 1. The monoisotopic (exact) mass is 321 g/mol. The van der Waals surface area contributed by atoms with Gasteiger partial charge in [0, 0.05) is 5.02 Å². The molecule has 1 rings (SSSR count). The lowest BCUT2D eigenvalue weighted by molar-refractivity contribution is -0.136. The fourth-order valence-electron chi connectivity index (χ4n) is 1.36. The van der Waals surface area contributed by atoms with Crippen molar-refractivity contribution in [3.8, 4) is 5.75 Å². The van der Waals surface area contributed by atoms with Crippen molar-refractivity contribution in [2.45, 2.75) is 19.8 Å². The van der Waals surface area contributed by atoms with E-state index in [2.05, 4.69) is 4.72 Å². The first-order chi connectivity index (χ1) is 9.34. The van der Waals surface area contributed by atoms with Gasteiger partial charge in [-0.05, 0) is 24.6 Å². The van der Waals surface area contributed by atoms with Gasteiger partial charge in [-0.15, -0.1) is 0 Å². The van der Waals surface area contributed by atoms with Crippen molar-refractivity contribution < 1.29 is 23.1 Å². The number of halogens is 1. The van der Waals surface area contributed by atoms with Crippen molar-refractivity contribution in [3.63, 3.8) is 0 Å². The molecule has 0 atom stereocenters. The average molecular weight is 322 g/mol. The van der Waals surface area contributed by atoms with E-state index in [-0.39, 0.29) is 5.69 Å². The number of ether oxygens (including phenoxy) is 1. The van der Waals surface area contributed by atoms with E-state index in [0.29, 0.717) is 17.4 Å². The Morgan fingerprint density at radius 2 is 2.15 bits per heavy atom. The summed E-state index contributed by atoms with van der Waals surface area (Å²) in [5.74, 6) is -1.33. The Kier molecular flexibility index (Phi) is 6.09. The number of sulfonamides is 1. The molecule has 0 spiro atoms. The molecule has 6 nitrogen and oxygen atoms in total. The van der Waals surface area contributed by atoms with E-state index in [1.54, 1.807) is 12.1 Å². The number of hydrogen-bond acceptors (Lipinski definition) is 4. The molecule has 0 saturated carbocycles. The molecule has 0 amide bonds. The number of carboxylic acid groups (broad SMARTS) is 1. The molecule has 0 heterocycles. The third kappa shape index (κ3) is 5.66. The summed E-state index contributed by atoms with van der Waals surface area (Å²) in [5.41, 5.74) is 0.205. The van der Waals surface area contributed by atoms with E-state index in [9.17, 15) is 13.2 Å². The quantitative estimate of drug-likeness (QED) is 0.766. The molecule has 112 valence electrons. The van der Waals surface area contributed by atoms with Crippen LogP contribution in [0.5, 0.6) is 5.75 Å². The summed E-state index contributed by atoms with van der Waals surface area (Å²) in [4.78, 5) is 10.4. The van der Waals surface area contributed by atoms with Crippen molar-refractivity contribution >= 4 is 33.3 Å². The summed E-state index contributed by atoms with van der Waals surface area (Å²) in [6, 6.07) is 4.57. The standard InChI is InChI=1S/C12H16ClNO5S/c1-2-6-19-11-4-3-9(13)8-10(11)14-20(17,18)7-5-12(15)16/h3-4,8,14H,2,5-7H2,1H3,(H,15,16). The second kappa shape index (κ2) is 7.35. The first-order valence-electron chi connectivity index (χ1n) is 5.98. The lowest BCUT2D eigenvalue weighted by Gasteiger charge is -2.13. The number of hydrogen-bond donors (Lipinski definition) is 2. The number of nitrogens with one attached hydrogen (secondary N) is 1. The highest BCUT2D eigenvalue weighted by molar-refractivity contribution is 7.92. The van der Waals surface area contributed by atoms with Crippen LogP contribution in [-0.2, 0) is 14.8 Å². The van der Waals surface area contributed by atoms with Gasteiger partial charge in [0.25, 0.3) is 0 Å². The normalized spacial score (nSPS) is 11.1. The maximum absolute atomic E-state index is 11.8. The van der Waals surface area contributed by atoms with E-state index in [4.69, 9.17) is 21.4 Å². The molecule has 2 N–H and O–H groups in total. The molecule has 0 radical (unpaired) electrons. The molecule has 0 aliphatic heterocycles. The lowest BCUT2D eigenvalue weighted by atomic mass is 10.3. The van der Waals surface area contributed by atoms with Crippen molar-refractivity contribution in [2.75, 3.05) is 17.1 Å². The fourth-order valence-corrected chi connectivity index (χ4v) is 2.57. The predicted molar refractivity (Wildman–Crippen MR) is 76.9 cm³/mol. The fraction of sp³-hybridized carbons (Fsp3) is 0.417. The first kappa shape index (κ1) is 16.6. The predicted octanol–water partition coefficient (Wildman–Crippen LogP) is 2.35. The van der Waals surface area contributed by atoms with Crippen molar-refractivity contribution in [1.82, 2.24) is 0 Å². The van der Waals surface area contributed by atoms with E-state index in [1.807, 2.05) is 6.92 Å². The Bertz CT molecular complexity index is 573. The highest BCUT2D eigenvalue weighted by atomic mass is 35.5. The molecule has 0 unspecified atom stereocenters. The van der Waals surface area contributed by atoms with Gasteiger partial charge >= 0.3 is 5.97 Å². The molecular weight excluding hydrogens is 306 g/mol. The molecule has 1 aromatic carbocycles. The third-order valence-corrected chi connectivity index (χ3v) is 3.76. The largest absolute Gasteiger partial charge is 0.491 e. The number of anilines is 1. The van der Waals surface area contributed by atoms with Crippen LogP contribution in [0.3, 0.4) is 0 Å². The Labute approximate surface area is 122 Å². The van der Waals surface area contributed by atoms with Crippen LogP contribution in [0.25, 0.3) is 0 Å². The maximum Gasteiger partial charge on any atom is 0.304 e. The molecule has 0 aromatic heterocycles. The van der Waals surface area contributed by atoms with E-state index in [0.717, 1.165) is 6.42 Å². The van der Waals surface area contributed by atoms with Gasteiger partial charge in [-0.3, -0.25) is 9.52 Å². The van der Waals surface area contributed by atoms with Gasteiger partial charge in [-0.1, -0.05) is 18.5 Å². The Morgan fingerprint density at radius 3 is 2.75 bits per heavy atom. The summed E-state index contributed by atoms with van der Waals surface area (Å²) >= 11 is 5.82. The van der Waals surface area contributed by atoms with Crippen LogP contribution in [0.4, 0.5) is 5.69 Å². The lowest BCUT2D eigenvalue weighted by Crippen LogP contribution is -2.19. The van der Waals surface area contributed by atoms with Gasteiger partial charge in [-0.25, -0.2) is 8.42 Å². The van der Waals surface area contributed by atoms with Crippen LogP contribution in [0.1, 0.15) is 19.8 Å². The summed E-state index contributed by atoms with van der Waals surface area (Å²) in [7, 11) is -3.76. The van der Waals surface area contributed by atoms with Crippen LogP contribution < -0.4 is 9.46 Å². The molecule has 20 heavy (non-hydrogen) atoms. The van der Waals surface area contributed by atoms with Gasteiger partial charge in [0.05, 0.1) is 24.5 Å². The molecule has 0 aliphatic rings. The van der Waals surface area contributed by atoms with Crippen LogP contribution in [0.2, 0.25) is 5.02 Å². The number of benzene rings is 1. The number of carboxylic acids is 1. The summed E-state index contributed by atoms with van der Waals surface area (Å²) in [6.07, 6.45) is 0.300. The van der Waals surface area contributed by atoms with Gasteiger partial charge in [-0.2, -0.15) is 0 Å². The van der Waals surface area contributed by atoms with E-state index < -0.39 is 28.2 Å². The molecule has 0 aliphatic carbocycles. The molecule has 0 bridgehead atoms. The topological polar surface area (TPSA) is 92.7 Å². The van der Waals surface area contributed by atoms with Gasteiger partial charge in [0.1, 0.15) is 5.75 Å². The maximum atomic E-state index is 11.8. The van der Waals surface area contributed by atoms with Crippen LogP contribution in [-0.4, -0.2) is 31.9 Å². The van der Waals surface area contributed by atoms with Crippen molar-refractivity contribution in [1.29, 1.82) is 0 Å². The molecule has 0 saturated heterocycles. The molecule has 1 aromatic rings. The number of carbonyl (C=O) groups is 1. The zero-order chi connectivity index (χ0) is 15.2. The minimum atomic E-state index is -3.76. The summed E-state index contributed by atoms with van der Waals surface area (Å²) in [6.45, 7) is 2.36. The van der Waals surface area contributed by atoms with Gasteiger partial charge in [0.2, 0.25) is 10.0 Å². The third-order valence-electron chi connectivity index (χ3n) is 2.25. The molecular formula is C12H16ClNO5S. The highest BCUT2D eigenvalue weighted by Crippen LogP contribution is 2.29. The van der Waals surface area contributed by atoms with Crippen molar-refractivity contribution in [2.24, 2.45) is 0 Å². The average Bonchev–Trinajstić information content (AvgIpc) is 2.35. The Morgan fingerprint density at radius 1 is 1.45 bits per heavy atom. The minimum Gasteiger partial charge on any atom is -0.491 e. The van der Waals surface area contributed by atoms with Crippen LogP contribution in [0, 0.1) is 0 Å². The van der Waals surface area contributed by atoms with E-state index >= 15 is 0 Å². The Hall–Kier alpha value is -1.47. The van der Waals surface area contributed by atoms with Crippen molar-refractivity contribution in [3.05, 3.63) is 23.2 Å². The molecule has 8 heteroatoms. The van der Waals surface area contributed by atoms with E-state index in [1.165, 1.54) is 6.07 Å². The highest BCUT2D eigenvalue weighted by Gasteiger charge is 2.16. The van der Waals surface area contributed by atoms with Gasteiger partial charge < -0.3 is 9.84 Å². The SMILES string of the molecule is CCCOc1ccc(Cl)cc1NS(=O)(=O)CCC(=O)O. The van der Waals surface area contributed by atoms with Gasteiger partial charge in [0.15, 0.2) is 0 Å². The summed E-state index contributed by atoms with van der Waals surface area (Å²) < 4.78 is 31.2. The smallest absolute Gasteiger partial charge is 0.304 e. The Balaban J connectivity index is 2.89. The number of rotatable bonds is 8. The zero-order valence-electron chi connectivity index (χ0n) is 10.9. The van der Waals surface area contributed by atoms with Crippen LogP contribution >= 0.6 is 11.6 Å². The second-order valence-corrected chi connectivity index (χ2v) is 6.33. The van der Waals surface area contributed by atoms with Crippen LogP contribution in [0.15, 0.2) is 18.2 Å². The summed E-state index contributed by atoms with van der Waals surface area (Å²) in [5, 5.41) is 8.87. The first-order valence-corrected chi connectivity index (χ1v) is 8.01.